The molecule has 0 saturated heterocycles. The molecular formula is C57H90O6. The molecular weight excluding hydrogens is 781 g/mol. The summed E-state index contributed by atoms with van der Waals surface area (Å²) in [5.74, 6) is -1.05. The molecule has 354 valence electrons. The summed E-state index contributed by atoms with van der Waals surface area (Å²) in [5, 5.41) is 0. The molecule has 1 atom stereocenters. The number of allylic oxidation sites excluding steroid dienone is 20. The van der Waals surface area contributed by atoms with Crippen molar-refractivity contribution < 1.29 is 28.6 Å². The van der Waals surface area contributed by atoms with Crippen LogP contribution in [0.5, 0.6) is 0 Å². The van der Waals surface area contributed by atoms with Crippen molar-refractivity contribution >= 4 is 17.9 Å². The van der Waals surface area contributed by atoms with E-state index in [1.165, 1.54) is 38.5 Å². The summed E-state index contributed by atoms with van der Waals surface area (Å²) in [6.45, 7) is 6.26. The van der Waals surface area contributed by atoms with Crippen molar-refractivity contribution in [3.63, 3.8) is 0 Å². The van der Waals surface area contributed by atoms with E-state index in [0.29, 0.717) is 12.8 Å². The number of ether oxygens (including phenoxy) is 3. The van der Waals surface area contributed by atoms with E-state index >= 15 is 0 Å². The smallest absolute Gasteiger partial charge is 0.306 e. The van der Waals surface area contributed by atoms with Crippen molar-refractivity contribution in [2.75, 3.05) is 13.2 Å². The molecule has 0 spiro atoms. The Balaban J connectivity index is 4.54. The zero-order valence-electron chi connectivity index (χ0n) is 40.3. The fourth-order valence-corrected chi connectivity index (χ4v) is 6.28. The standard InChI is InChI=1S/C57H90O6/c1-4-7-10-13-16-19-22-25-26-27-28-29-30-33-35-38-41-44-47-50-56(59)62-53-54(63-57(60)51-48-45-42-39-36-32-24-21-18-15-12-9-6-3)52-61-55(58)49-46-43-40-37-34-31-23-20-17-14-11-8-5-2/h7,9-10,12,15-16,18-19,21,24-26,28-29,31,33-35,40,43,54H,4-6,8,11,13-14,17,20,22-23,27,30,32,36-39,41-42,44-53H2,1-3H3/b10-7-,12-9-,18-15-,19-16-,24-21-,26-25-,29-28-,34-31-,35-33-,43-40-. The Labute approximate surface area is 386 Å². The van der Waals surface area contributed by atoms with E-state index in [2.05, 4.69) is 130 Å². The number of hydrogen-bond acceptors (Lipinski definition) is 6. The molecule has 0 aliphatic rings. The van der Waals surface area contributed by atoms with Gasteiger partial charge in [-0.1, -0.05) is 200 Å². The molecule has 0 aromatic rings. The van der Waals surface area contributed by atoms with Crippen LogP contribution in [-0.4, -0.2) is 37.2 Å². The first kappa shape index (κ1) is 58.8. The zero-order valence-corrected chi connectivity index (χ0v) is 40.3. The maximum Gasteiger partial charge on any atom is 0.306 e. The van der Waals surface area contributed by atoms with E-state index in [4.69, 9.17) is 14.2 Å². The molecule has 0 radical (unpaired) electrons. The van der Waals surface area contributed by atoms with Crippen LogP contribution in [0.25, 0.3) is 0 Å². The molecule has 0 N–H and O–H groups in total. The Hall–Kier alpha value is -4.19. The highest BCUT2D eigenvalue weighted by Gasteiger charge is 2.19. The topological polar surface area (TPSA) is 78.9 Å². The van der Waals surface area contributed by atoms with Crippen molar-refractivity contribution in [2.24, 2.45) is 0 Å². The zero-order chi connectivity index (χ0) is 45.8. The van der Waals surface area contributed by atoms with Gasteiger partial charge in [0.15, 0.2) is 6.10 Å². The Bertz CT molecular complexity index is 1370. The van der Waals surface area contributed by atoms with E-state index in [1.54, 1.807) is 0 Å². The number of hydrogen-bond donors (Lipinski definition) is 0. The first-order valence-corrected chi connectivity index (χ1v) is 25.1. The lowest BCUT2D eigenvalue weighted by atomic mass is 10.1. The van der Waals surface area contributed by atoms with Gasteiger partial charge in [0.2, 0.25) is 0 Å². The molecule has 0 aromatic heterocycles. The van der Waals surface area contributed by atoms with E-state index in [-0.39, 0.29) is 44.0 Å². The molecule has 0 aliphatic carbocycles. The number of unbranched alkanes of at least 4 members (excludes halogenated alkanes) is 14. The Kier molecular flexibility index (Phi) is 47.1. The van der Waals surface area contributed by atoms with Gasteiger partial charge < -0.3 is 14.2 Å². The average Bonchev–Trinajstić information content (AvgIpc) is 3.28. The first-order chi connectivity index (χ1) is 31.0. The molecule has 0 bridgehead atoms. The van der Waals surface area contributed by atoms with Crippen LogP contribution in [0.2, 0.25) is 0 Å². The summed E-state index contributed by atoms with van der Waals surface area (Å²) < 4.78 is 16.7. The van der Waals surface area contributed by atoms with Gasteiger partial charge in [0.05, 0.1) is 0 Å². The molecule has 6 heteroatoms. The lowest BCUT2D eigenvalue weighted by Gasteiger charge is -2.18. The van der Waals surface area contributed by atoms with E-state index in [9.17, 15) is 14.4 Å². The third-order valence-electron chi connectivity index (χ3n) is 10.0. The predicted molar refractivity (Wildman–Crippen MR) is 269 cm³/mol. The van der Waals surface area contributed by atoms with Gasteiger partial charge in [-0.2, -0.15) is 0 Å². The highest BCUT2D eigenvalue weighted by Crippen LogP contribution is 2.12. The quantitative estimate of drug-likeness (QED) is 0.0200. The normalized spacial score (nSPS) is 13.1. The van der Waals surface area contributed by atoms with Gasteiger partial charge >= 0.3 is 17.9 Å². The fraction of sp³-hybridized carbons (Fsp3) is 0.596. The van der Waals surface area contributed by atoms with Gasteiger partial charge in [0, 0.05) is 19.3 Å². The van der Waals surface area contributed by atoms with Crippen molar-refractivity contribution in [1.29, 1.82) is 0 Å². The van der Waals surface area contributed by atoms with Crippen molar-refractivity contribution in [3.05, 3.63) is 122 Å². The second kappa shape index (κ2) is 50.5. The maximum absolute atomic E-state index is 12.8. The summed E-state index contributed by atoms with van der Waals surface area (Å²) in [4.78, 5) is 37.9. The van der Waals surface area contributed by atoms with E-state index in [0.717, 1.165) is 116 Å². The largest absolute Gasteiger partial charge is 0.462 e. The third-order valence-corrected chi connectivity index (χ3v) is 10.0. The third kappa shape index (κ3) is 48.7. The molecule has 0 aromatic carbocycles. The minimum atomic E-state index is -0.827. The Morgan fingerprint density at radius 3 is 1.25 bits per heavy atom. The maximum atomic E-state index is 12.8. The molecule has 0 amide bonds. The van der Waals surface area contributed by atoms with Crippen LogP contribution in [0.1, 0.15) is 201 Å². The van der Waals surface area contributed by atoms with Crippen LogP contribution in [0.15, 0.2) is 122 Å². The fourth-order valence-electron chi connectivity index (χ4n) is 6.28. The number of carbonyl (C=O) groups excluding carboxylic acids is 3. The van der Waals surface area contributed by atoms with Crippen LogP contribution in [0.3, 0.4) is 0 Å². The summed E-state index contributed by atoms with van der Waals surface area (Å²) >= 11 is 0. The number of rotatable bonds is 43. The molecule has 1 unspecified atom stereocenters. The van der Waals surface area contributed by atoms with Crippen LogP contribution in [0.4, 0.5) is 0 Å². The lowest BCUT2D eigenvalue weighted by Crippen LogP contribution is -2.30. The molecule has 0 saturated carbocycles. The Morgan fingerprint density at radius 1 is 0.349 bits per heavy atom. The summed E-state index contributed by atoms with van der Waals surface area (Å²) in [7, 11) is 0. The lowest BCUT2D eigenvalue weighted by molar-refractivity contribution is -0.166. The molecule has 0 rings (SSSR count). The van der Waals surface area contributed by atoms with Gasteiger partial charge in [-0.05, 0) is 103 Å². The average molecular weight is 871 g/mol. The molecule has 0 aliphatic heterocycles. The van der Waals surface area contributed by atoms with Gasteiger partial charge in [-0.25, -0.2) is 0 Å². The van der Waals surface area contributed by atoms with E-state index < -0.39 is 6.10 Å². The first-order valence-electron chi connectivity index (χ1n) is 25.1. The number of esters is 3. The molecule has 6 nitrogen and oxygen atoms in total. The summed E-state index contributed by atoms with van der Waals surface area (Å²) in [6, 6.07) is 0. The number of carbonyl (C=O) groups is 3. The molecule has 0 heterocycles. The Morgan fingerprint density at radius 2 is 0.730 bits per heavy atom. The molecule has 0 fully saturated rings. The monoisotopic (exact) mass is 871 g/mol. The van der Waals surface area contributed by atoms with Crippen LogP contribution < -0.4 is 0 Å². The van der Waals surface area contributed by atoms with Crippen molar-refractivity contribution in [2.45, 2.75) is 207 Å². The second-order valence-corrected chi connectivity index (χ2v) is 16.0. The van der Waals surface area contributed by atoms with Gasteiger partial charge in [0.1, 0.15) is 13.2 Å². The van der Waals surface area contributed by atoms with Gasteiger partial charge in [-0.15, -0.1) is 0 Å². The van der Waals surface area contributed by atoms with Crippen LogP contribution in [-0.2, 0) is 28.6 Å². The van der Waals surface area contributed by atoms with Crippen molar-refractivity contribution in [3.8, 4) is 0 Å². The van der Waals surface area contributed by atoms with Crippen LogP contribution in [0, 0.1) is 0 Å². The second-order valence-electron chi connectivity index (χ2n) is 16.0. The summed E-state index contributed by atoms with van der Waals surface area (Å²) in [6.07, 6.45) is 69.1. The minimum Gasteiger partial charge on any atom is -0.462 e. The van der Waals surface area contributed by atoms with E-state index in [1.807, 2.05) is 12.2 Å². The minimum absolute atomic E-state index is 0.125. The highest BCUT2D eigenvalue weighted by molar-refractivity contribution is 5.71. The van der Waals surface area contributed by atoms with Gasteiger partial charge in [0.25, 0.3) is 0 Å². The summed E-state index contributed by atoms with van der Waals surface area (Å²) in [5.41, 5.74) is 0. The van der Waals surface area contributed by atoms with Gasteiger partial charge in [-0.3, -0.25) is 14.4 Å². The van der Waals surface area contributed by atoms with Crippen molar-refractivity contribution in [1.82, 2.24) is 0 Å². The highest BCUT2D eigenvalue weighted by atomic mass is 16.6. The molecule has 63 heavy (non-hydrogen) atoms. The van der Waals surface area contributed by atoms with Crippen LogP contribution >= 0.6 is 0 Å². The SMILES string of the molecule is CC\C=C/C=C\C=C/CCCCCCCC(=O)OC(COC(=O)CC/C=C\C/C=C\CCCCCCCC)COC(=O)CCCCC/C=C\C/C=C\C/C=C\C/C=C\C/C=C\CC. The predicted octanol–water partition coefficient (Wildman–Crippen LogP) is 16.5.